The zero-order chi connectivity index (χ0) is 31.7. The van der Waals surface area contributed by atoms with Crippen LogP contribution in [0.5, 0.6) is 5.75 Å². The molecule has 8 nitrogen and oxygen atoms in total. The van der Waals surface area contributed by atoms with Crippen molar-refractivity contribution in [3.05, 3.63) is 130 Å². The smallest absolute Gasteiger partial charge is 0.252 e. The third-order valence-electron chi connectivity index (χ3n) is 7.60. The van der Waals surface area contributed by atoms with Crippen molar-refractivity contribution >= 4 is 37.6 Å². The van der Waals surface area contributed by atoms with Gasteiger partial charge in [0.15, 0.2) is 21.5 Å². The molecule has 1 aliphatic rings. The monoisotopic (exact) mass is 690 g/mol. The number of carbonyl (C=O) groups is 1. The fourth-order valence-electron chi connectivity index (χ4n) is 5.16. The van der Waals surface area contributed by atoms with Crippen LogP contribution in [0.2, 0.25) is 0 Å². The van der Waals surface area contributed by atoms with Crippen LogP contribution in [0.1, 0.15) is 35.6 Å². The molecule has 0 radical (unpaired) electrons. The molecule has 0 aliphatic carbocycles. The maximum absolute atomic E-state index is 14.3. The van der Waals surface area contributed by atoms with E-state index in [0.29, 0.717) is 42.9 Å². The predicted octanol–water partition coefficient (Wildman–Crippen LogP) is 5.69. The third-order valence-corrected chi connectivity index (χ3v) is 9.86. The molecule has 1 heterocycles. The highest BCUT2D eigenvalue weighted by Gasteiger charge is 2.53. The zero-order valence-corrected chi connectivity index (χ0v) is 27.0. The number of carbonyl (C=O) groups excluding carboxylic acids is 1. The van der Waals surface area contributed by atoms with Gasteiger partial charge in [-0.15, -0.1) is 0 Å². The van der Waals surface area contributed by atoms with Crippen LogP contribution in [0, 0.1) is 0 Å². The lowest BCUT2D eigenvalue weighted by atomic mass is 9.85. The number of nitrogens with zero attached hydrogens (tertiary/aromatic N) is 1. The van der Waals surface area contributed by atoms with Crippen molar-refractivity contribution in [2.24, 2.45) is 4.99 Å². The van der Waals surface area contributed by atoms with Crippen molar-refractivity contribution in [1.82, 2.24) is 5.32 Å². The number of ether oxygens (including phenoxy) is 2. The van der Waals surface area contributed by atoms with Crippen LogP contribution in [-0.4, -0.2) is 56.4 Å². The summed E-state index contributed by atoms with van der Waals surface area (Å²) in [4.78, 5) is 19.4. The second kappa shape index (κ2) is 14.9. The first-order valence-electron chi connectivity index (χ1n) is 14.8. The molecule has 234 valence electrons. The molecule has 1 aliphatic heterocycles. The van der Waals surface area contributed by atoms with E-state index in [2.05, 4.69) is 21.2 Å². The number of aliphatic imine (C=N–C) groups is 1. The third kappa shape index (κ3) is 8.00. The summed E-state index contributed by atoms with van der Waals surface area (Å²) in [7, 11) is -3.74. The molecule has 0 saturated heterocycles. The van der Waals surface area contributed by atoms with Gasteiger partial charge in [0.1, 0.15) is 5.75 Å². The molecule has 1 amide bonds. The fourth-order valence-corrected chi connectivity index (χ4v) is 6.81. The summed E-state index contributed by atoms with van der Waals surface area (Å²) in [6.07, 6.45) is 0.126. The van der Waals surface area contributed by atoms with Crippen LogP contribution in [0.25, 0.3) is 0 Å². The van der Waals surface area contributed by atoms with Crippen LogP contribution in [0.15, 0.2) is 124 Å². The number of hydrogen-bond acceptors (Lipinski definition) is 7. The normalized spacial score (nSPS) is 17.7. The molecule has 0 fully saturated rings. The topological polar surface area (TPSA) is 114 Å². The van der Waals surface area contributed by atoms with Crippen LogP contribution in [0.4, 0.5) is 0 Å². The van der Waals surface area contributed by atoms with Gasteiger partial charge in [0.2, 0.25) is 5.90 Å². The number of nitrogens with one attached hydrogen (secondary N) is 1. The Morgan fingerprint density at radius 1 is 0.933 bits per heavy atom. The Kier molecular flexibility index (Phi) is 10.7. The average Bonchev–Trinajstić information content (AvgIpc) is 3.46. The predicted molar refractivity (Wildman–Crippen MR) is 177 cm³/mol. The molecule has 0 saturated carbocycles. The van der Waals surface area contributed by atoms with Crippen molar-refractivity contribution in [2.75, 3.05) is 25.5 Å². The molecule has 4 aromatic rings. The summed E-state index contributed by atoms with van der Waals surface area (Å²) < 4.78 is 40.0. The van der Waals surface area contributed by atoms with E-state index < -0.39 is 27.4 Å². The lowest BCUT2D eigenvalue weighted by Gasteiger charge is -2.30. The van der Waals surface area contributed by atoms with E-state index in [1.807, 2.05) is 54.6 Å². The van der Waals surface area contributed by atoms with Crippen LogP contribution >= 0.6 is 15.9 Å². The minimum atomic E-state index is -3.74. The first kappa shape index (κ1) is 32.4. The molecular formula is C35H35BrN2O6S. The lowest BCUT2D eigenvalue weighted by Crippen LogP contribution is -2.49. The van der Waals surface area contributed by atoms with Gasteiger partial charge in [0, 0.05) is 36.0 Å². The summed E-state index contributed by atoms with van der Waals surface area (Å²) in [5.41, 5.74) is 0.807. The van der Waals surface area contributed by atoms with Crippen LogP contribution in [0.3, 0.4) is 0 Å². The highest BCUT2D eigenvalue weighted by atomic mass is 79.9. The van der Waals surface area contributed by atoms with Crippen LogP contribution in [-0.2, 0) is 25.8 Å². The first-order chi connectivity index (χ1) is 21.8. The molecule has 4 aromatic carbocycles. The summed E-state index contributed by atoms with van der Waals surface area (Å²) >= 11 is 3.47. The Morgan fingerprint density at radius 3 is 2.27 bits per heavy atom. The van der Waals surface area contributed by atoms with E-state index in [-0.39, 0.29) is 29.6 Å². The standard InChI is InChI=1S/C35H35BrN2O6S/c36-29-16-12-27(13-17-29)32-35(21-25-45(41,42)31-10-5-2-6-11-31,34(40)37-22-20-26-8-3-1-4-9-26)38-33(44-32)28-14-18-30(19-15-28)43-24-7-23-39/h1-6,8-19,32,39H,7,20-25H2,(H,37,40)/t32-,35-/m1/s1. The lowest BCUT2D eigenvalue weighted by molar-refractivity contribution is -0.129. The van der Waals surface area contributed by atoms with Crippen molar-refractivity contribution in [3.8, 4) is 5.75 Å². The number of benzene rings is 4. The number of rotatable bonds is 14. The summed E-state index contributed by atoms with van der Waals surface area (Å²) in [5, 5.41) is 12.1. The molecule has 0 bridgehead atoms. The summed E-state index contributed by atoms with van der Waals surface area (Å²) in [5.74, 6) is 0.135. The van der Waals surface area contributed by atoms with Gasteiger partial charge in [-0.3, -0.25) is 4.79 Å². The number of halogens is 1. The Bertz CT molecular complexity index is 1700. The Labute approximate surface area is 272 Å². The van der Waals surface area contributed by atoms with Gasteiger partial charge in [-0.25, -0.2) is 13.4 Å². The van der Waals surface area contributed by atoms with Crippen molar-refractivity contribution in [3.63, 3.8) is 0 Å². The number of amides is 1. The van der Waals surface area contributed by atoms with Gasteiger partial charge in [0.25, 0.3) is 5.91 Å². The van der Waals surface area contributed by atoms with Crippen LogP contribution < -0.4 is 10.1 Å². The van der Waals surface area contributed by atoms with Gasteiger partial charge in [0.05, 0.1) is 17.3 Å². The van der Waals surface area contributed by atoms with Gasteiger partial charge in [-0.05, 0) is 66.1 Å². The minimum Gasteiger partial charge on any atom is -0.494 e. The maximum Gasteiger partial charge on any atom is 0.252 e. The van der Waals surface area contributed by atoms with Crippen molar-refractivity contribution in [1.29, 1.82) is 0 Å². The highest BCUT2D eigenvalue weighted by Crippen LogP contribution is 2.43. The first-order valence-corrected chi connectivity index (χ1v) is 17.2. The number of sulfone groups is 1. The summed E-state index contributed by atoms with van der Waals surface area (Å²) in [6.45, 7) is 0.755. The van der Waals surface area contributed by atoms with E-state index in [1.54, 1.807) is 54.6 Å². The molecule has 0 spiro atoms. The molecule has 2 atom stereocenters. The average molecular weight is 692 g/mol. The molecule has 0 aromatic heterocycles. The molecule has 10 heteroatoms. The van der Waals surface area contributed by atoms with E-state index in [9.17, 15) is 13.2 Å². The second-order valence-electron chi connectivity index (χ2n) is 10.7. The maximum atomic E-state index is 14.3. The van der Waals surface area contributed by atoms with E-state index in [0.717, 1.165) is 10.0 Å². The Hall–Kier alpha value is -3.99. The van der Waals surface area contributed by atoms with Crippen molar-refractivity contribution < 1.29 is 27.8 Å². The molecular weight excluding hydrogens is 656 g/mol. The van der Waals surface area contributed by atoms with Crippen molar-refractivity contribution in [2.45, 2.75) is 35.8 Å². The SMILES string of the molecule is O=C(NCCc1ccccc1)[C@]1(CCS(=O)(=O)c2ccccc2)N=C(c2ccc(OCCCO)cc2)O[C@@H]1c1ccc(Br)cc1. The Balaban J connectivity index is 1.51. The van der Waals surface area contributed by atoms with E-state index >= 15 is 0 Å². The largest absolute Gasteiger partial charge is 0.494 e. The van der Waals surface area contributed by atoms with E-state index in [1.165, 1.54) is 0 Å². The van der Waals surface area contributed by atoms with E-state index in [4.69, 9.17) is 19.6 Å². The van der Waals surface area contributed by atoms with Gasteiger partial charge in [-0.2, -0.15) is 0 Å². The number of aliphatic hydroxyl groups excluding tert-OH is 1. The molecule has 0 unspecified atom stereocenters. The van der Waals surface area contributed by atoms with Gasteiger partial charge >= 0.3 is 0 Å². The molecule has 5 rings (SSSR count). The minimum absolute atomic E-state index is 0.0374. The molecule has 2 N–H and O–H groups in total. The zero-order valence-electron chi connectivity index (χ0n) is 24.6. The highest BCUT2D eigenvalue weighted by molar-refractivity contribution is 9.10. The number of aliphatic hydroxyl groups is 1. The number of hydrogen-bond donors (Lipinski definition) is 2. The van der Waals surface area contributed by atoms with Gasteiger partial charge < -0.3 is 19.9 Å². The fraction of sp³-hybridized carbons (Fsp3) is 0.257. The Morgan fingerprint density at radius 2 is 1.60 bits per heavy atom. The molecule has 45 heavy (non-hydrogen) atoms. The summed E-state index contributed by atoms with van der Waals surface area (Å²) in [6, 6.07) is 32.6. The second-order valence-corrected chi connectivity index (χ2v) is 13.7. The van der Waals surface area contributed by atoms with Gasteiger partial charge in [-0.1, -0.05) is 76.6 Å². The quantitative estimate of drug-likeness (QED) is 0.164.